The molecule has 0 amide bonds. The fourth-order valence-corrected chi connectivity index (χ4v) is 2.88. The van der Waals surface area contributed by atoms with Gasteiger partial charge in [0.2, 0.25) is 0 Å². The van der Waals surface area contributed by atoms with Crippen LogP contribution in [0.4, 0.5) is 5.69 Å². The summed E-state index contributed by atoms with van der Waals surface area (Å²) < 4.78 is 0. The zero-order chi connectivity index (χ0) is 15.2. The Balaban J connectivity index is 1.78. The number of aromatic nitrogens is 2. The van der Waals surface area contributed by atoms with E-state index < -0.39 is 6.23 Å². The number of H-pyrrole nitrogens is 1. The third-order valence-corrected chi connectivity index (χ3v) is 4.16. The van der Waals surface area contributed by atoms with Crippen LogP contribution in [-0.4, -0.2) is 21.5 Å². The second kappa shape index (κ2) is 7.06. The molecular formula is C17H17N3OS. The zero-order valence-corrected chi connectivity index (χ0v) is 12.8. The van der Waals surface area contributed by atoms with Gasteiger partial charge in [-0.2, -0.15) is 5.10 Å². The van der Waals surface area contributed by atoms with E-state index in [1.165, 1.54) is 4.88 Å². The minimum absolute atomic E-state index is 0.636. The summed E-state index contributed by atoms with van der Waals surface area (Å²) in [6, 6.07) is 14.0. The third-order valence-electron chi connectivity index (χ3n) is 3.30. The van der Waals surface area contributed by atoms with Crippen molar-refractivity contribution < 1.29 is 5.11 Å². The number of thiophene rings is 1. The number of aromatic amines is 1. The molecule has 2 N–H and O–H groups in total. The van der Waals surface area contributed by atoms with E-state index in [4.69, 9.17) is 0 Å². The van der Waals surface area contributed by atoms with Crippen molar-refractivity contribution in [1.29, 1.82) is 0 Å². The molecule has 3 rings (SSSR count). The number of aliphatic hydroxyl groups excluding tert-OH is 1. The second-order valence-electron chi connectivity index (χ2n) is 4.85. The molecule has 3 aromatic rings. The molecule has 0 bridgehead atoms. The van der Waals surface area contributed by atoms with Gasteiger partial charge in [0.15, 0.2) is 0 Å². The molecule has 2 aromatic heterocycles. The standard InChI is InChI=1S/C17H17N3OS/c21-17(9-8-14-5-2-1-3-6-14)20(15-11-18-19-12-15)13-16-7-4-10-22-16/h1-12,17,21H,13H2,(H,18,19)/b9-8+. The van der Waals surface area contributed by atoms with Crippen LogP contribution in [0.3, 0.4) is 0 Å². The molecule has 0 radical (unpaired) electrons. The highest BCUT2D eigenvalue weighted by Gasteiger charge is 2.15. The summed E-state index contributed by atoms with van der Waals surface area (Å²) in [7, 11) is 0. The van der Waals surface area contributed by atoms with Crippen molar-refractivity contribution in [2.45, 2.75) is 12.8 Å². The molecule has 22 heavy (non-hydrogen) atoms. The van der Waals surface area contributed by atoms with Crippen LogP contribution in [0.25, 0.3) is 6.08 Å². The molecule has 0 fully saturated rings. The number of aliphatic hydroxyl groups is 1. The fraction of sp³-hybridized carbons (Fsp3) is 0.118. The molecule has 112 valence electrons. The molecule has 0 aliphatic carbocycles. The van der Waals surface area contributed by atoms with E-state index in [1.54, 1.807) is 29.8 Å². The average Bonchev–Trinajstić information content (AvgIpc) is 3.24. The molecule has 0 aliphatic rings. The number of rotatable bonds is 6. The van der Waals surface area contributed by atoms with Crippen LogP contribution in [-0.2, 0) is 6.54 Å². The lowest BCUT2D eigenvalue weighted by atomic mass is 10.2. The fourth-order valence-electron chi connectivity index (χ4n) is 2.17. The van der Waals surface area contributed by atoms with Gasteiger partial charge in [-0.3, -0.25) is 5.10 Å². The SMILES string of the molecule is OC(/C=C/c1ccccc1)N(Cc1cccs1)c1cn[nH]c1. The topological polar surface area (TPSA) is 52.1 Å². The zero-order valence-electron chi connectivity index (χ0n) is 12.0. The minimum Gasteiger partial charge on any atom is -0.370 e. The van der Waals surface area contributed by atoms with Crippen LogP contribution in [0.2, 0.25) is 0 Å². The molecule has 5 heteroatoms. The highest BCUT2D eigenvalue weighted by Crippen LogP contribution is 2.21. The predicted molar refractivity (Wildman–Crippen MR) is 90.6 cm³/mol. The van der Waals surface area contributed by atoms with Gasteiger partial charge in [-0.05, 0) is 23.1 Å². The van der Waals surface area contributed by atoms with Crippen LogP contribution in [0.15, 0.2) is 66.3 Å². The van der Waals surface area contributed by atoms with Gasteiger partial charge in [0.05, 0.1) is 18.4 Å². The van der Waals surface area contributed by atoms with Crippen LogP contribution >= 0.6 is 11.3 Å². The van der Waals surface area contributed by atoms with Crippen LogP contribution in [0.1, 0.15) is 10.4 Å². The van der Waals surface area contributed by atoms with Gasteiger partial charge in [-0.25, -0.2) is 0 Å². The first-order valence-corrected chi connectivity index (χ1v) is 7.90. The summed E-state index contributed by atoms with van der Waals surface area (Å²) in [5, 5.41) is 19.3. The van der Waals surface area contributed by atoms with E-state index in [2.05, 4.69) is 16.3 Å². The number of hydrogen-bond acceptors (Lipinski definition) is 4. The second-order valence-corrected chi connectivity index (χ2v) is 5.88. The number of benzene rings is 1. The third kappa shape index (κ3) is 3.63. The Kier molecular flexibility index (Phi) is 4.68. The average molecular weight is 311 g/mol. The lowest BCUT2D eigenvalue weighted by Gasteiger charge is -2.26. The Bertz CT molecular complexity index is 693. The number of nitrogens with zero attached hydrogens (tertiary/aromatic N) is 2. The monoisotopic (exact) mass is 311 g/mol. The van der Waals surface area contributed by atoms with E-state index in [1.807, 2.05) is 52.8 Å². The van der Waals surface area contributed by atoms with Gasteiger partial charge in [-0.1, -0.05) is 42.5 Å². The first-order chi connectivity index (χ1) is 10.8. The van der Waals surface area contributed by atoms with Gasteiger partial charge in [0.25, 0.3) is 0 Å². The molecular weight excluding hydrogens is 294 g/mol. The normalized spacial score (nSPS) is 12.6. The molecule has 0 saturated heterocycles. The summed E-state index contributed by atoms with van der Waals surface area (Å²) in [6.07, 6.45) is 6.49. The van der Waals surface area contributed by atoms with E-state index in [0.717, 1.165) is 11.3 Å². The Morgan fingerprint density at radius 2 is 2.09 bits per heavy atom. The highest BCUT2D eigenvalue weighted by molar-refractivity contribution is 7.09. The number of anilines is 1. The molecule has 0 aliphatic heterocycles. The van der Waals surface area contributed by atoms with Crippen LogP contribution in [0, 0.1) is 0 Å². The first kappa shape index (κ1) is 14.6. The Morgan fingerprint density at radius 1 is 1.23 bits per heavy atom. The largest absolute Gasteiger partial charge is 0.370 e. The molecule has 0 spiro atoms. The maximum absolute atomic E-state index is 10.5. The Morgan fingerprint density at radius 3 is 2.77 bits per heavy atom. The molecule has 4 nitrogen and oxygen atoms in total. The first-order valence-electron chi connectivity index (χ1n) is 7.02. The van der Waals surface area contributed by atoms with Crippen molar-refractivity contribution in [3.8, 4) is 0 Å². The number of nitrogens with one attached hydrogen (secondary N) is 1. The van der Waals surface area contributed by atoms with Gasteiger partial charge in [0, 0.05) is 11.1 Å². The molecule has 1 aromatic carbocycles. The smallest absolute Gasteiger partial charge is 0.146 e. The van der Waals surface area contributed by atoms with E-state index in [9.17, 15) is 5.11 Å². The summed E-state index contributed by atoms with van der Waals surface area (Å²) >= 11 is 1.67. The van der Waals surface area contributed by atoms with Crippen LogP contribution < -0.4 is 4.90 Å². The van der Waals surface area contributed by atoms with E-state index in [-0.39, 0.29) is 0 Å². The molecule has 1 atom stereocenters. The van der Waals surface area contributed by atoms with Gasteiger partial charge >= 0.3 is 0 Å². The lowest BCUT2D eigenvalue weighted by Crippen LogP contribution is -2.32. The van der Waals surface area contributed by atoms with Gasteiger partial charge in [-0.15, -0.1) is 11.3 Å². The maximum Gasteiger partial charge on any atom is 0.146 e. The van der Waals surface area contributed by atoms with Crippen molar-refractivity contribution >= 4 is 23.1 Å². The van der Waals surface area contributed by atoms with Crippen molar-refractivity contribution in [2.24, 2.45) is 0 Å². The number of hydrogen-bond donors (Lipinski definition) is 2. The predicted octanol–water partition coefficient (Wildman–Crippen LogP) is 3.51. The van der Waals surface area contributed by atoms with Crippen molar-refractivity contribution in [1.82, 2.24) is 10.2 Å². The van der Waals surface area contributed by atoms with Gasteiger partial charge in [0.1, 0.15) is 6.23 Å². The van der Waals surface area contributed by atoms with Crippen LogP contribution in [0.5, 0.6) is 0 Å². The summed E-state index contributed by atoms with van der Waals surface area (Å²) in [4.78, 5) is 3.09. The van der Waals surface area contributed by atoms with Gasteiger partial charge < -0.3 is 10.0 Å². The molecule has 0 saturated carbocycles. The summed E-state index contributed by atoms with van der Waals surface area (Å²) in [5.74, 6) is 0. The van der Waals surface area contributed by atoms with E-state index >= 15 is 0 Å². The molecule has 2 heterocycles. The van der Waals surface area contributed by atoms with Crippen molar-refractivity contribution in [3.05, 3.63) is 76.8 Å². The Hall–Kier alpha value is -2.37. The lowest BCUT2D eigenvalue weighted by molar-refractivity contribution is 0.216. The molecule has 1 unspecified atom stereocenters. The Labute approximate surface area is 133 Å². The van der Waals surface area contributed by atoms with Crippen molar-refractivity contribution in [2.75, 3.05) is 4.90 Å². The summed E-state index contributed by atoms with van der Waals surface area (Å²) in [5.41, 5.74) is 1.92. The van der Waals surface area contributed by atoms with Crippen molar-refractivity contribution in [3.63, 3.8) is 0 Å². The maximum atomic E-state index is 10.5. The highest BCUT2D eigenvalue weighted by atomic mass is 32.1. The summed E-state index contributed by atoms with van der Waals surface area (Å²) in [6.45, 7) is 0.636. The minimum atomic E-state index is -0.722. The quantitative estimate of drug-likeness (QED) is 0.685. The van der Waals surface area contributed by atoms with E-state index in [0.29, 0.717) is 6.54 Å².